The lowest BCUT2D eigenvalue weighted by Crippen LogP contribution is -2.27. The van der Waals surface area contributed by atoms with E-state index in [0.717, 1.165) is 19.5 Å². The third-order valence-corrected chi connectivity index (χ3v) is 2.19. The summed E-state index contributed by atoms with van der Waals surface area (Å²) in [6.07, 6.45) is 4.78. The number of aromatic nitrogens is 1. The van der Waals surface area contributed by atoms with E-state index in [2.05, 4.69) is 30.2 Å². The van der Waals surface area contributed by atoms with Crippen molar-refractivity contribution in [2.45, 2.75) is 32.9 Å². The van der Waals surface area contributed by atoms with Gasteiger partial charge in [0.2, 0.25) is 0 Å². The van der Waals surface area contributed by atoms with Gasteiger partial charge in [0, 0.05) is 25.0 Å². The van der Waals surface area contributed by atoms with Crippen molar-refractivity contribution in [2.75, 3.05) is 6.54 Å². The van der Waals surface area contributed by atoms with E-state index in [1.807, 2.05) is 12.4 Å². The molecule has 1 aromatic heterocycles. The van der Waals surface area contributed by atoms with Crippen LogP contribution in [0, 0.1) is 6.92 Å². The fraction of sp³-hybridized carbons (Fsp3) is 0.545. The molecule has 1 unspecified atom stereocenters. The van der Waals surface area contributed by atoms with Crippen LogP contribution in [0.15, 0.2) is 18.5 Å². The Labute approximate surface area is 85.7 Å². The van der Waals surface area contributed by atoms with Crippen molar-refractivity contribution in [3.63, 3.8) is 0 Å². The molecule has 3 heteroatoms. The van der Waals surface area contributed by atoms with Crippen molar-refractivity contribution in [1.82, 2.24) is 10.3 Å². The standard InChI is InChI=1S/C11H19N3/c1-9-5-11(7-13-6-9)8-14-10(2)3-4-12/h5-7,10,14H,3-4,8,12H2,1-2H3. The molecule has 0 aliphatic carbocycles. The second kappa shape index (κ2) is 5.73. The maximum atomic E-state index is 5.47. The Balaban J connectivity index is 2.37. The molecule has 78 valence electrons. The van der Waals surface area contributed by atoms with E-state index in [0.29, 0.717) is 6.04 Å². The second-order valence-corrected chi connectivity index (χ2v) is 3.73. The predicted octanol–water partition coefficient (Wildman–Crippen LogP) is 1.22. The third kappa shape index (κ3) is 3.85. The molecular formula is C11H19N3. The molecule has 0 saturated carbocycles. The average Bonchev–Trinajstić information content (AvgIpc) is 2.15. The number of aryl methyl sites for hydroxylation is 1. The van der Waals surface area contributed by atoms with Crippen LogP contribution in [-0.4, -0.2) is 17.6 Å². The highest BCUT2D eigenvalue weighted by Crippen LogP contribution is 2.01. The normalized spacial score (nSPS) is 12.8. The molecule has 0 radical (unpaired) electrons. The first-order chi connectivity index (χ1) is 6.72. The Morgan fingerprint density at radius 2 is 2.29 bits per heavy atom. The Bertz CT molecular complexity index is 273. The summed E-state index contributed by atoms with van der Waals surface area (Å²) in [5.41, 5.74) is 7.91. The lowest BCUT2D eigenvalue weighted by molar-refractivity contribution is 0.519. The van der Waals surface area contributed by atoms with Crippen LogP contribution in [0.25, 0.3) is 0 Å². The van der Waals surface area contributed by atoms with Gasteiger partial charge in [-0.2, -0.15) is 0 Å². The summed E-state index contributed by atoms with van der Waals surface area (Å²) in [5, 5.41) is 3.41. The van der Waals surface area contributed by atoms with E-state index in [4.69, 9.17) is 5.73 Å². The van der Waals surface area contributed by atoms with E-state index in [1.165, 1.54) is 11.1 Å². The number of rotatable bonds is 5. The molecule has 0 spiro atoms. The van der Waals surface area contributed by atoms with Gasteiger partial charge < -0.3 is 11.1 Å². The molecule has 1 rings (SSSR count). The third-order valence-electron chi connectivity index (χ3n) is 2.19. The maximum Gasteiger partial charge on any atom is 0.0313 e. The molecule has 0 saturated heterocycles. The molecule has 14 heavy (non-hydrogen) atoms. The minimum Gasteiger partial charge on any atom is -0.330 e. The molecule has 1 aromatic rings. The quantitative estimate of drug-likeness (QED) is 0.739. The summed E-state index contributed by atoms with van der Waals surface area (Å²) in [4.78, 5) is 4.14. The van der Waals surface area contributed by atoms with Crippen molar-refractivity contribution in [3.05, 3.63) is 29.6 Å². The molecule has 0 aliphatic heterocycles. The molecule has 0 amide bonds. The lowest BCUT2D eigenvalue weighted by Gasteiger charge is -2.12. The van der Waals surface area contributed by atoms with E-state index >= 15 is 0 Å². The monoisotopic (exact) mass is 193 g/mol. The SMILES string of the molecule is Cc1cncc(CNC(C)CCN)c1. The van der Waals surface area contributed by atoms with Gasteiger partial charge in [0.05, 0.1) is 0 Å². The van der Waals surface area contributed by atoms with Crippen molar-refractivity contribution in [3.8, 4) is 0 Å². The van der Waals surface area contributed by atoms with Gasteiger partial charge in [0.15, 0.2) is 0 Å². The number of pyridine rings is 1. The number of nitrogens with two attached hydrogens (primary N) is 1. The summed E-state index contributed by atoms with van der Waals surface area (Å²) in [6.45, 7) is 5.81. The Morgan fingerprint density at radius 1 is 1.50 bits per heavy atom. The summed E-state index contributed by atoms with van der Waals surface area (Å²) >= 11 is 0. The van der Waals surface area contributed by atoms with Crippen LogP contribution in [0.3, 0.4) is 0 Å². The largest absolute Gasteiger partial charge is 0.330 e. The van der Waals surface area contributed by atoms with Crippen LogP contribution in [0.2, 0.25) is 0 Å². The Morgan fingerprint density at radius 3 is 2.93 bits per heavy atom. The average molecular weight is 193 g/mol. The molecule has 0 bridgehead atoms. The van der Waals surface area contributed by atoms with Crippen LogP contribution < -0.4 is 11.1 Å². The van der Waals surface area contributed by atoms with Crippen molar-refractivity contribution < 1.29 is 0 Å². The lowest BCUT2D eigenvalue weighted by atomic mass is 10.2. The van der Waals surface area contributed by atoms with Gasteiger partial charge in [-0.3, -0.25) is 4.98 Å². The van der Waals surface area contributed by atoms with Crippen LogP contribution in [-0.2, 0) is 6.54 Å². The Hall–Kier alpha value is -0.930. The van der Waals surface area contributed by atoms with Gasteiger partial charge in [0.25, 0.3) is 0 Å². The molecule has 3 N–H and O–H groups in total. The Kier molecular flexibility index (Phi) is 4.56. The minimum absolute atomic E-state index is 0.473. The number of hydrogen-bond acceptors (Lipinski definition) is 3. The van der Waals surface area contributed by atoms with Crippen LogP contribution in [0.4, 0.5) is 0 Å². The molecule has 1 heterocycles. The summed E-state index contributed by atoms with van der Waals surface area (Å²) in [6, 6.07) is 2.62. The smallest absolute Gasteiger partial charge is 0.0313 e. The van der Waals surface area contributed by atoms with Crippen LogP contribution in [0.5, 0.6) is 0 Å². The van der Waals surface area contributed by atoms with Gasteiger partial charge in [-0.05, 0) is 37.9 Å². The molecule has 0 fully saturated rings. The van der Waals surface area contributed by atoms with E-state index < -0.39 is 0 Å². The van der Waals surface area contributed by atoms with Crippen molar-refractivity contribution in [1.29, 1.82) is 0 Å². The van der Waals surface area contributed by atoms with Crippen LogP contribution >= 0.6 is 0 Å². The highest BCUT2D eigenvalue weighted by atomic mass is 14.9. The van der Waals surface area contributed by atoms with Gasteiger partial charge in [-0.15, -0.1) is 0 Å². The number of hydrogen-bond donors (Lipinski definition) is 2. The highest BCUT2D eigenvalue weighted by Gasteiger charge is 1.99. The molecule has 0 aromatic carbocycles. The molecular weight excluding hydrogens is 174 g/mol. The number of nitrogens with one attached hydrogen (secondary N) is 1. The van der Waals surface area contributed by atoms with Gasteiger partial charge >= 0.3 is 0 Å². The zero-order valence-electron chi connectivity index (χ0n) is 8.96. The molecule has 3 nitrogen and oxygen atoms in total. The van der Waals surface area contributed by atoms with Crippen molar-refractivity contribution in [2.24, 2.45) is 5.73 Å². The second-order valence-electron chi connectivity index (χ2n) is 3.73. The maximum absolute atomic E-state index is 5.47. The summed E-state index contributed by atoms with van der Waals surface area (Å²) in [5.74, 6) is 0. The molecule has 0 aliphatic rings. The fourth-order valence-electron chi connectivity index (χ4n) is 1.36. The van der Waals surface area contributed by atoms with Crippen LogP contribution in [0.1, 0.15) is 24.5 Å². The summed E-state index contributed by atoms with van der Waals surface area (Å²) in [7, 11) is 0. The molecule has 1 atom stereocenters. The van der Waals surface area contributed by atoms with Gasteiger partial charge in [-0.25, -0.2) is 0 Å². The summed E-state index contributed by atoms with van der Waals surface area (Å²) < 4.78 is 0. The van der Waals surface area contributed by atoms with E-state index in [9.17, 15) is 0 Å². The first-order valence-corrected chi connectivity index (χ1v) is 5.06. The topological polar surface area (TPSA) is 50.9 Å². The first-order valence-electron chi connectivity index (χ1n) is 5.06. The van der Waals surface area contributed by atoms with Gasteiger partial charge in [0.1, 0.15) is 0 Å². The predicted molar refractivity (Wildman–Crippen MR) is 58.9 cm³/mol. The zero-order chi connectivity index (χ0) is 10.4. The van der Waals surface area contributed by atoms with Crippen molar-refractivity contribution >= 4 is 0 Å². The highest BCUT2D eigenvalue weighted by molar-refractivity contribution is 5.16. The zero-order valence-corrected chi connectivity index (χ0v) is 8.96. The van der Waals surface area contributed by atoms with E-state index in [1.54, 1.807) is 0 Å². The van der Waals surface area contributed by atoms with Gasteiger partial charge in [-0.1, -0.05) is 6.07 Å². The number of nitrogens with zero attached hydrogens (tertiary/aromatic N) is 1. The minimum atomic E-state index is 0.473. The fourth-order valence-corrected chi connectivity index (χ4v) is 1.36. The van der Waals surface area contributed by atoms with E-state index in [-0.39, 0.29) is 0 Å². The first kappa shape index (κ1) is 11.1.